The zero-order chi connectivity index (χ0) is 10.8. The van der Waals surface area contributed by atoms with Gasteiger partial charge in [0.05, 0.1) is 13.2 Å². The molecule has 1 fully saturated rings. The maximum Gasteiger partial charge on any atom is 0.348 e. The van der Waals surface area contributed by atoms with Gasteiger partial charge in [0.2, 0.25) is 10.0 Å². The second kappa shape index (κ2) is 4.07. The van der Waals surface area contributed by atoms with E-state index >= 15 is 0 Å². The van der Waals surface area contributed by atoms with Crippen LogP contribution < -0.4 is 0 Å². The number of hydrogen-bond acceptors (Lipinski definition) is 4. The fraction of sp³-hybridized carbons (Fsp3) is 0.571. The Hall–Kier alpha value is -0.920. The highest BCUT2D eigenvalue weighted by molar-refractivity contribution is 7.94. The summed E-state index contributed by atoms with van der Waals surface area (Å²) < 4.78 is 29.0. The average molecular weight is 221 g/mol. The summed E-state index contributed by atoms with van der Waals surface area (Å²) in [7, 11) is -3.90. The third-order valence-electron chi connectivity index (χ3n) is 1.86. The third-order valence-corrected chi connectivity index (χ3v) is 3.70. The lowest BCUT2D eigenvalue weighted by atomic mass is 10.5. The number of carbonyl (C=O) groups is 1. The van der Waals surface area contributed by atoms with Crippen LogP contribution in [0.1, 0.15) is 0 Å². The molecule has 0 amide bonds. The molecule has 1 aliphatic heterocycles. The van der Waals surface area contributed by atoms with Gasteiger partial charge in [0.1, 0.15) is 0 Å². The van der Waals surface area contributed by atoms with E-state index in [2.05, 4.69) is 6.58 Å². The smallest absolute Gasteiger partial charge is 0.348 e. The fourth-order valence-electron chi connectivity index (χ4n) is 1.05. The van der Waals surface area contributed by atoms with Gasteiger partial charge in [0.15, 0.2) is 4.91 Å². The second-order valence-corrected chi connectivity index (χ2v) is 4.70. The molecule has 1 saturated heterocycles. The number of aliphatic carboxylic acids is 1. The maximum absolute atomic E-state index is 11.5. The zero-order valence-corrected chi connectivity index (χ0v) is 8.29. The Morgan fingerprint density at radius 3 is 2.29 bits per heavy atom. The van der Waals surface area contributed by atoms with Crippen molar-refractivity contribution in [3.63, 3.8) is 0 Å². The molecule has 7 heteroatoms. The molecule has 1 rings (SSSR count). The summed E-state index contributed by atoms with van der Waals surface area (Å²) in [5.74, 6) is -1.52. The van der Waals surface area contributed by atoms with E-state index < -0.39 is 20.9 Å². The Kier molecular flexibility index (Phi) is 3.25. The Balaban J connectivity index is 2.83. The number of carboxylic acid groups (broad SMARTS) is 1. The number of hydrogen-bond donors (Lipinski definition) is 1. The van der Waals surface area contributed by atoms with Crippen LogP contribution >= 0.6 is 0 Å². The van der Waals surface area contributed by atoms with Crippen LogP contribution in [-0.4, -0.2) is 50.1 Å². The van der Waals surface area contributed by atoms with Gasteiger partial charge >= 0.3 is 5.97 Å². The minimum atomic E-state index is -3.90. The minimum Gasteiger partial charge on any atom is -0.477 e. The van der Waals surface area contributed by atoms with Gasteiger partial charge in [0.25, 0.3) is 0 Å². The third kappa shape index (κ3) is 2.11. The lowest BCUT2D eigenvalue weighted by molar-refractivity contribution is -0.131. The van der Waals surface area contributed by atoms with Crippen molar-refractivity contribution in [3.8, 4) is 0 Å². The van der Waals surface area contributed by atoms with E-state index in [-0.39, 0.29) is 26.3 Å². The minimum absolute atomic E-state index is 0.175. The first-order chi connectivity index (χ1) is 6.46. The van der Waals surface area contributed by atoms with E-state index in [0.717, 1.165) is 4.31 Å². The van der Waals surface area contributed by atoms with Gasteiger partial charge < -0.3 is 9.84 Å². The van der Waals surface area contributed by atoms with Gasteiger partial charge in [-0.25, -0.2) is 13.2 Å². The molecule has 1 N–H and O–H groups in total. The van der Waals surface area contributed by atoms with Gasteiger partial charge in [0, 0.05) is 13.1 Å². The predicted octanol–water partition coefficient (Wildman–Crippen LogP) is -0.753. The van der Waals surface area contributed by atoms with Gasteiger partial charge in [-0.2, -0.15) is 4.31 Å². The number of carboxylic acids is 1. The van der Waals surface area contributed by atoms with E-state index in [1.165, 1.54) is 0 Å². The number of nitrogens with zero attached hydrogens (tertiary/aromatic N) is 1. The highest BCUT2D eigenvalue weighted by Gasteiger charge is 2.30. The number of sulfonamides is 1. The van der Waals surface area contributed by atoms with Crippen LogP contribution in [0, 0.1) is 0 Å². The summed E-state index contributed by atoms with van der Waals surface area (Å²) >= 11 is 0. The van der Waals surface area contributed by atoms with Crippen LogP contribution in [-0.2, 0) is 19.6 Å². The number of rotatable bonds is 3. The van der Waals surface area contributed by atoms with Crippen molar-refractivity contribution in [2.45, 2.75) is 0 Å². The van der Waals surface area contributed by atoms with Crippen LogP contribution in [0.5, 0.6) is 0 Å². The molecule has 1 aliphatic rings. The molecule has 0 bridgehead atoms. The summed E-state index contributed by atoms with van der Waals surface area (Å²) in [6.45, 7) is 3.95. The van der Waals surface area contributed by atoms with E-state index in [0.29, 0.717) is 0 Å². The SMILES string of the molecule is C=C(C(=O)O)S(=O)(=O)N1CCOCC1. The van der Waals surface area contributed by atoms with Crippen LogP contribution in [0.15, 0.2) is 11.5 Å². The largest absolute Gasteiger partial charge is 0.477 e. The van der Waals surface area contributed by atoms with Crippen LogP contribution in [0.2, 0.25) is 0 Å². The van der Waals surface area contributed by atoms with E-state index in [1.807, 2.05) is 0 Å². The predicted molar refractivity (Wildman–Crippen MR) is 48.1 cm³/mol. The Bertz CT molecular complexity index is 341. The molecule has 0 spiro atoms. The van der Waals surface area contributed by atoms with Gasteiger partial charge in [-0.1, -0.05) is 6.58 Å². The summed E-state index contributed by atoms with van der Waals surface area (Å²) in [5.41, 5.74) is 0. The normalized spacial score (nSPS) is 19.1. The molecular weight excluding hydrogens is 210 g/mol. The standard InChI is InChI=1S/C7H11NO5S/c1-6(7(9)10)14(11,12)8-2-4-13-5-3-8/h1-5H2,(H,9,10). The van der Waals surface area contributed by atoms with Crippen molar-refractivity contribution in [2.24, 2.45) is 0 Å². The first-order valence-corrected chi connectivity index (χ1v) is 5.40. The van der Waals surface area contributed by atoms with Gasteiger partial charge in [-0.3, -0.25) is 0 Å². The molecule has 0 aliphatic carbocycles. The van der Waals surface area contributed by atoms with Crippen LogP contribution in [0.25, 0.3) is 0 Å². The molecule has 0 unspecified atom stereocenters. The molecule has 0 saturated carbocycles. The van der Waals surface area contributed by atoms with Gasteiger partial charge in [-0.05, 0) is 0 Å². The zero-order valence-electron chi connectivity index (χ0n) is 7.47. The first kappa shape index (κ1) is 11.2. The Morgan fingerprint density at radius 1 is 1.36 bits per heavy atom. The van der Waals surface area contributed by atoms with Crippen molar-refractivity contribution in [1.82, 2.24) is 4.31 Å². The van der Waals surface area contributed by atoms with E-state index in [9.17, 15) is 13.2 Å². The number of ether oxygens (including phenoxy) is 1. The molecular formula is C7H11NO5S. The molecule has 0 radical (unpaired) electrons. The summed E-state index contributed by atoms with van der Waals surface area (Å²) in [6, 6.07) is 0. The summed E-state index contributed by atoms with van der Waals surface area (Å²) in [6.07, 6.45) is 0. The van der Waals surface area contributed by atoms with Crippen molar-refractivity contribution >= 4 is 16.0 Å². The molecule has 0 aromatic rings. The summed E-state index contributed by atoms with van der Waals surface area (Å²) in [5, 5.41) is 8.51. The van der Waals surface area contributed by atoms with Crippen molar-refractivity contribution < 1.29 is 23.1 Å². The van der Waals surface area contributed by atoms with E-state index in [1.54, 1.807) is 0 Å². The molecule has 0 atom stereocenters. The second-order valence-electron chi connectivity index (χ2n) is 2.74. The average Bonchev–Trinajstić information content (AvgIpc) is 2.18. The van der Waals surface area contributed by atoms with Crippen molar-refractivity contribution in [3.05, 3.63) is 11.5 Å². The molecule has 1 heterocycles. The van der Waals surface area contributed by atoms with Crippen molar-refractivity contribution in [2.75, 3.05) is 26.3 Å². The molecule has 80 valence electrons. The molecule has 0 aromatic heterocycles. The maximum atomic E-state index is 11.5. The highest BCUT2D eigenvalue weighted by Crippen LogP contribution is 2.13. The monoisotopic (exact) mass is 221 g/mol. The topological polar surface area (TPSA) is 83.9 Å². The quantitative estimate of drug-likeness (QED) is 0.634. The molecule has 14 heavy (non-hydrogen) atoms. The lowest BCUT2D eigenvalue weighted by Crippen LogP contribution is -2.42. The van der Waals surface area contributed by atoms with Crippen LogP contribution in [0.4, 0.5) is 0 Å². The lowest BCUT2D eigenvalue weighted by Gasteiger charge is -2.25. The Labute approximate surface area is 81.8 Å². The van der Waals surface area contributed by atoms with Crippen LogP contribution in [0.3, 0.4) is 0 Å². The first-order valence-electron chi connectivity index (χ1n) is 3.96. The van der Waals surface area contributed by atoms with Crippen molar-refractivity contribution in [1.29, 1.82) is 0 Å². The summed E-state index contributed by atoms with van der Waals surface area (Å²) in [4.78, 5) is 9.66. The van der Waals surface area contributed by atoms with Gasteiger partial charge in [-0.15, -0.1) is 0 Å². The highest BCUT2D eigenvalue weighted by atomic mass is 32.2. The fourth-order valence-corrected chi connectivity index (χ4v) is 2.22. The molecule has 6 nitrogen and oxygen atoms in total. The molecule has 0 aromatic carbocycles. The van der Waals surface area contributed by atoms with E-state index in [4.69, 9.17) is 9.84 Å². The number of morpholine rings is 1. The Morgan fingerprint density at radius 2 is 1.86 bits per heavy atom.